The van der Waals surface area contributed by atoms with E-state index < -0.39 is 0 Å². The van der Waals surface area contributed by atoms with Gasteiger partial charge in [0, 0.05) is 12.3 Å². The predicted molar refractivity (Wildman–Crippen MR) is 93.6 cm³/mol. The molecule has 2 aromatic carbocycles. The molecular weight excluding hydrogens is 314 g/mol. The summed E-state index contributed by atoms with van der Waals surface area (Å²) in [5.74, 6) is 0.967. The van der Waals surface area contributed by atoms with E-state index in [0.29, 0.717) is 10.6 Å². The van der Waals surface area contributed by atoms with Crippen molar-refractivity contribution in [3.8, 4) is 0 Å². The Hall–Kier alpha value is -1.45. The van der Waals surface area contributed by atoms with Crippen molar-refractivity contribution in [2.75, 3.05) is 12.3 Å². The highest BCUT2D eigenvalue weighted by Gasteiger charge is 2.32. The summed E-state index contributed by atoms with van der Waals surface area (Å²) >= 11 is 8.00. The van der Waals surface area contributed by atoms with Crippen molar-refractivity contribution in [1.29, 1.82) is 0 Å². The molecule has 0 N–H and O–H groups in total. The molecule has 0 aliphatic carbocycles. The summed E-state index contributed by atoms with van der Waals surface area (Å²) in [7, 11) is 0. The molecule has 22 heavy (non-hydrogen) atoms. The summed E-state index contributed by atoms with van der Waals surface area (Å²) in [5, 5.41) is 0.591. The van der Waals surface area contributed by atoms with Gasteiger partial charge in [-0.1, -0.05) is 47.5 Å². The smallest absolute Gasteiger partial charge is 0.256 e. The molecule has 0 spiro atoms. The highest BCUT2D eigenvalue weighted by atomic mass is 35.5. The van der Waals surface area contributed by atoms with Crippen LogP contribution in [0.5, 0.6) is 0 Å². The average Bonchev–Trinajstić information content (AvgIpc) is 2.96. The third-order valence-electron chi connectivity index (χ3n) is 3.95. The minimum Gasteiger partial charge on any atom is -0.322 e. The molecule has 1 aliphatic heterocycles. The van der Waals surface area contributed by atoms with Crippen molar-refractivity contribution in [3.63, 3.8) is 0 Å². The number of hydrogen-bond donors (Lipinski definition) is 0. The summed E-state index contributed by atoms with van der Waals surface area (Å²) in [6, 6.07) is 13.7. The highest BCUT2D eigenvalue weighted by molar-refractivity contribution is 7.99. The molecule has 0 radical (unpaired) electrons. The van der Waals surface area contributed by atoms with Gasteiger partial charge in [0.15, 0.2) is 0 Å². The number of aryl methyl sites for hydroxylation is 2. The van der Waals surface area contributed by atoms with Crippen LogP contribution < -0.4 is 0 Å². The van der Waals surface area contributed by atoms with Crippen LogP contribution in [0.4, 0.5) is 0 Å². The first-order chi connectivity index (χ1) is 10.6. The predicted octanol–water partition coefficient (Wildman–Crippen LogP) is 4.84. The highest BCUT2D eigenvalue weighted by Crippen LogP contribution is 2.40. The van der Waals surface area contributed by atoms with E-state index in [1.165, 1.54) is 16.7 Å². The van der Waals surface area contributed by atoms with E-state index in [1.54, 1.807) is 12.1 Å². The number of hydrogen-bond acceptors (Lipinski definition) is 2. The molecule has 2 aromatic rings. The molecule has 1 unspecified atom stereocenters. The number of benzene rings is 2. The van der Waals surface area contributed by atoms with E-state index in [4.69, 9.17) is 11.6 Å². The Morgan fingerprint density at radius 2 is 2.00 bits per heavy atom. The van der Waals surface area contributed by atoms with Gasteiger partial charge in [-0.25, -0.2) is 0 Å². The summed E-state index contributed by atoms with van der Waals surface area (Å²) in [6.07, 6.45) is 0. The van der Waals surface area contributed by atoms with Gasteiger partial charge in [0.25, 0.3) is 5.91 Å². The van der Waals surface area contributed by atoms with Crippen LogP contribution in [0.25, 0.3) is 0 Å². The Labute approximate surface area is 140 Å². The molecular formula is C18H18ClNOS. The van der Waals surface area contributed by atoms with Crippen molar-refractivity contribution in [1.82, 2.24) is 4.90 Å². The standard InChI is InChI=1S/C18H18ClNOS/c1-12-7-8-14(13(2)11-12)18-20(9-10-22-18)17(21)15-5-3-4-6-16(15)19/h3-8,11,18H,9-10H2,1-2H3. The number of nitrogens with zero attached hydrogens (tertiary/aromatic N) is 1. The van der Waals surface area contributed by atoms with Crippen LogP contribution >= 0.6 is 23.4 Å². The van der Waals surface area contributed by atoms with Crippen LogP contribution in [-0.2, 0) is 0 Å². The molecule has 0 bridgehead atoms. The SMILES string of the molecule is Cc1ccc(C2SCCN2C(=O)c2ccccc2Cl)c(C)c1. The number of carbonyl (C=O) groups is 1. The second kappa shape index (κ2) is 6.35. The first-order valence-electron chi connectivity index (χ1n) is 7.32. The fourth-order valence-electron chi connectivity index (χ4n) is 2.83. The first-order valence-corrected chi connectivity index (χ1v) is 8.75. The van der Waals surface area contributed by atoms with E-state index >= 15 is 0 Å². The lowest BCUT2D eigenvalue weighted by Gasteiger charge is -2.26. The van der Waals surface area contributed by atoms with Crippen molar-refractivity contribution < 1.29 is 4.79 Å². The van der Waals surface area contributed by atoms with E-state index in [2.05, 4.69) is 32.0 Å². The molecule has 114 valence electrons. The fourth-order valence-corrected chi connectivity index (χ4v) is 4.39. The van der Waals surface area contributed by atoms with Crippen LogP contribution in [0.2, 0.25) is 5.02 Å². The van der Waals surface area contributed by atoms with Crippen molar-refractivity contribution in [2.24, 2.45) is 0 Å². The van der Waals surface area contributed by atoms with E-state index in [-0.39, 0.29) is 11.3 Å². The number of amides is 1. The molecule has 1 amide bonds. The number of rotatable bonds is 2. The van der Waals surface area contributed by atoms with Gasteiger partial charge < -0.3 is 4.90 Å². The molecule has 1 saturated heterocycles. The molecule has 0 saturated carbocycles. The summed E-state index contributed by atoms with van der Waals surface area (Å²) in [6.45, 7) is 4.96. The monoisotopic (exact) mass is 331 g/mol. The molecule has 4 heteroatoms. The van der Waals surface area contributed by atoms with Gasteiger partial charge in [0.05, 0.1) is 10.6 Å². The van der Waals surface area contributed by atoms with Crippen LogP contribution in [0.15, 0.2) is 42.5 Å². The zero-order valence-electron chi connectivity index (χ0n) is 12.7. The largest absolute Gasteiger partial charge is 0.322 e. The third-order valence-corrected chi connectivity index (χ3v) is 5.52. The Morgan fingerprint density at radius 1 is 1.23 bits per heavy atom. The summed E-state index contributed by atoms with van der Waals surface area (Å²) < 4.78 is 0. The lowest BCUT2D eigenvalue weighted by atomic mass is 10.0. The Bertz CT molecular complexity index is 716. The first kappa shape index (κ1) is 15.4. The van der Waals surface area contributed by atoms with Gasteiger partial charge in [0.2, 0.25) is 0 Å². The van der Waals surface area contributed by atoms with Gasteiger partial charge >= 0.3 is 0 Å². The number of thioether (sulfide) groups is 1. The van der Waals surface area contributed by atoms with Crippen molar-refractivity contribution >= 4 is 29.3 Å². The van der Waals surface area contributed by atoms with Crippen LogP contribution in [0.1, 0.15) is 32.4 Å². The summed E-state index contributed by atoms with van der Waals surface area (Å²) in [4.78, 5) is 14.8. The van der Waals surface area contributed by atoms with E-state index in [9.17, 15) is 4.79 Å². The Morgan fingerprint density at radius 3 is 2.73 bits per heavy atom. The second-order valence-corrected chi connectivity index (χ2v) is 7.16. The molecule has 2 nitrogen and oxygen atoms in total. The van der Waals surface area contributed by atoms with Crippen LogP contribution in [0, 0.1) is 13.8 Å². The Kier molecular flexibility index (Phi) is 4.46. The maximum Gasteiger partial charge on any atom is 0.256 e. The molecule has 1 heterocycles. The van der Waals surface area contributed by atoms with Crippen molar-refractivity contribution in [2.45, 2.75) is 19.2 Å². The minimum absolute atomic E-state index is 0.0144. The van der Waals surface area contributed by atoms with Crippen LogP contribution in [0.3, 0.4) is 0 Å². The van der Waals surface area contributed by atoms with Gasteiger partial charge in [-0.2, -0.15) is 0 Å². The average molecular weight is 332 g/mol. The summed E-state index contributed by atoms with van der Waals surface area (Å²) in [5.41, 5.74) is 4.28. The normalized spacial score (nSPS) is 17.8. The minimum atomic E-state index is 0.0144. The Balaban J connectivity index is 1.93. The maximum absolute atomic E-state index is 12.9. The molecule has 3 rings (SSSR count). The topological polar surface area (TPSA) is 20.3 Å². The fraction of sp³-hybridized carbons (Fsp3) is 0.278. The second-order valence-electron chi connectivity index (χ2n) is 5.56. The third kappa shape index (κ3) is 2.88. The van der Waals surface area contributed by atoms with Gasteiger partial charge in [-0.05, 0) is 37.1 Å². The zero-order chi connectivity index (χ0) is 15.7. The molecule has 1 atom stereocenters. The van der Waals surface area contributed by atoms with Gasteiger partial charge in [-0.15, -0.1) is 11.8 Å². The molecule has 0 aromatic heterocycles. The van der Waals surface area contributed by atoms with Gasteiger partial charge in [-0.3, -0.25) is 4.79 Å². The van der Waals surface area contributed by atoms with Gasteiger partial charge in [0.1, 0.15) is 5.37 Å². The lowest BCUT2D eigenvalue weighted by Crippen LogP contribution is -2.30. The molecule has 1 fully saturated rings. The van der Waals surface area contributed by atoms with E-state index in [0.717, 1.165) is 12.3 Å². The molecule has 1 aliphatic rings. The quantitative estimate of drug-likeness (QED) is 0.784. The number of halogens is 1. The lowest BCUT2D eigenvalue weighted by molar-refractivity contribution is 0.0760. The zero-order valence-corrected chi connectivity index (χ0v) is 14.2. The number of carbonyl (C=O) groups excluding carboxylic acids is 1. The van der Waals surface area contributed by atoms with Crippen LogP contribution in [-0.4, -0.2) is 23.1 Å². The maximum atomic E-state index is 12.9. The van der Waals surface area contributed by atoms with E-state index in [1.807, 2.05) is 28.8 Å². The van der Waals surface area contributed by atoms with Crippen molar-refractivity contribution in [3.05, 3.63) is 69.7 Å².